The molecule has 3 nitrogen and oxygen atoms in total. The summed E-state index contributed by atoms with van der Waals surface area (Å²) >= 11 is 0. The van der Waals surface area contributed by atoms with E-state index < -0.39 is 0 Å². The summed E-state index contributed by atoms with van der Waals surface area (Å²) < 4.78 is 0. The lowest BCUT2D eigenvalue weighted by Crippen LogP contribution is -2.65. The molecule has 1 heterocycles. The molecule has 2 fully saturated rings. The number of nitrogens with zero attached hydrogens (tertiary/aromatic N) is 2. The van der Waals surface area contributed by atoms with E-state index in [1.54, 1.807) is 0 Å². The van der Waals surface area contributed by atoms with Gasteiger partial charge in [0.05, 0.1) is 0 Å². The largest absolute Gasteiger partial charge is 0.329 e. The number of rotatable bonds is 4. The highest BCUT2D eigenvalue weighted by Crippen LogP contribution is 2.39. The number of hydrogen-bond acceptors (Lipinski definition) is 3. The van der Waals surface area contributed by atoms with Crippen LogP contribution in [0.1, 0.15) is 59.3 Å². The zero-order valence-electron chi connectivity index (χ0n) is 14.1. The summed E-state index contributed by atoms with van der Waals surface area (Å²) in [6.45, 7) is 10.3. The van der Waals surface area contributed by atoms with Crippen LogP contribution in [0.25, 0.3) is 0 Å². The molecule has 2 unspecified atom stereocenters. The molecule has 1 saturated carbocycles. The normalized spacial score (nSPS) is 41.0. The van der Waals surface area contributed by atoms with Crippen LogP contribution in [0.4, 0.5) is 0 Å². The number of nitrogens with two attached hydrogens (primary N) is 1. The lowest BCUT2D eigenvalue weighted by molar-refractivity contribution is -0.0326. The van der Waals surface area contributed by atoms with Crippen LogP contribution in [0.15, 0.2) is 0 Å². The Labute approximate surface area is 125 Å². The van der Waals surface area contributed by atoms with E-state index in [-0.39, 0.29) is 0 Å². The first-order valence-corrected chi connectivity index (χ1v) is 8.69. The van der Waals surface area contributed by atoms with E-state index in [1.165, 1.54) is 51.6 Å². The third-order valence-electron chi connectivity index (χ3n) is 6.14. The molecule has 0 aromatic carbocycles. The Bertz CT molecular complexity index is 285. The second-order valence-electron chi connectivity index (χ2n) is 7.43. The van der Waals surface area contributed by atoms with Crippen molar-refractivity contribution in [1.29, 1.82) is 0 Å². The highest BCUT2D eigenvalue weighted by molar-refractivity contribution is 4.99. The third kappa shape index (κ3) is 3.20. The number of likely N-dealkylation sites (N-methyl/N-ethyl adjacent to an activating group) is 1. The van der Waals surface area contributed by atoms with E-state index in [0.29, 0.717) is 17.6 Å². The average Bonchev–Trinajstić information content (AvgIpc) is 2.45. The van der Waals surface area contributed by atoms with Gasteiger partial charge in [0, 0.05) is 37.3 Å². The van der Waals surface area contributed by atoms with Crippen LogP contribution in [-0.2, 0) is 0 Å². The quantitative estimate of drug-likeness (QED) is 0.860. The summed E-state index contributed by atoms with van der Waals surface area (Å²) in [6, 6.07) is 1.30. The molecule has 2 atom stereocenters. The third-order valence-corrected chi connectivity index (χ3v) is 6.14. The molecule has 2 N–H and O–H groups in total. The first kappa shape index (κ1) is 16.3. The molecule has 118 valence electrons. The Morgan fingerprint density at radius 3 is 2.10 bits per heavy atom. The van der Waals surface area contributed by atoms with Crippen LogP contribution < -0.4 is 5.73 Å². The fourth-order valence-electron chi connectivity index (χ4n) is 4.35. The summed E-state index contributed by atoms with van der Waals surface area (Å²) in [6.07, 6.45) is 8.16. The Hall–Kier alpha value is -0.120. The molecule has 0 bridgehead atoms. The van der Waals surface area contributed by atoms with E-state index >= 15 is 0 Å². The highest BCUT2D eigenvalue weighted by atomic mass is 15.3. The summed E-state index contributed by atoms with van der Waals surface area (Å²) in [4.78, 5) is 5.26. The molecule has 2 rings (SSSR count). The van der Waals surface area contributed by atoms with Crippen LogP contribution in [0, 0.1) is 5.92 Å². The molecule has 1 aliphatic heterocycles. The highest BCUT2D eigenvalue weighted by Gasteiger charge is 2.42. The monoisotopic (exact) mass is 281 g/mol. The van der Waals surface area contributed by atoms with Gasteiger partial charge in [0.25, 0.3) is 0 Å². The van der Waals surface area contributed by atoms with Crippen molar-refractivity contribution in [2.75, 3.05) is 26.7 Å². The van der Waals surface area contributed by atoms with Crippen LogP contribution in [0.2, 0.25) is 0 Å². The molecule has 0 radical (unpaired) electrons. The second kappa shape index (κ2) is 6.76. The van der Waals surface area contributed by atoms with E-state index in [2.05, 4.69) is 37.6 Å². The van der Waals surface area contributed by atoms with Gasteiger partial charge in [-0.05, 0) is 52.5 Å². The molecule has 0 aromatic heterocycles. The fourth-order valence-corrected chi connectivity index (χ4v) is 4.35. The predicted molar refractivity (Wildman–Crippen MR) is 86.9 cm³/mol. The van der Waals surface area contributed by atoms with Gasteiger partial charge in [-0.25, -0.2) is 0 Å². The lowest BCUT2D eigenvalue weighted by Gasteiger charge is -2.53. The van der Waals surface area contributed by atoms with Crippen molar-refractivity contribution in [2.24, 2.45) is 11.7 Å². The standard InChI is InChI=1S/C17H35N3/c1-5-6-16-7-9-17(13-18,10-8-16)20-11-14(2)19(4)15(3)12-20/h14-16H,5-13,18H2,1-4H3. The maximum absolute atomic E-state index is 6.26. The average molecular weight is 281 g/mol. The van der Waals surface area contributed by atoms with Gasteiger partial charge >= 0.3 is 0 Å². The molecular weight excluding hydrogens is 246 g/mol. The molecule has 20 heavy (non-hydrogen) atoms. The van der Waals surface area contributed by atoms with Crippen LogP contribution in [-0.4, -0.2) is 54.1 Å². The van der Waals surface area contributed by atoms with E-state index in [9.17, 15) is 0 Å². The first-order chi connectivity index (χ1) is 9.52. The zero-order chi connectivity index (χ0) is 14.8. The number of hydrogen-bond donors (Lipinski definition) is 1. The number of piperazine rings is 1. The summed E-state index contributed by atoms with van der Waals surface area (Å²) in [5.41, 5.74) is 6.56. The molecule has 3 heteroatoms. The van der Waals surface area contributed by atoms with Gasteiger partial charge in [-0.2, -0.15) is 0 Å². The second-order valence-corrected chi connectivity index (χ2v) is 7.43. The minimum atomic E-state index is 0.300. The van der Waals surface area contributed by atoms with Crippen molar-refractivity contribution in [1.82, 2.24) is 9.80 Å². The minimum Gasteiger partial charge on any atom is -0.329 e. The molecular formula is C17H35N3. The van der Waals surface area contributed by atoms with Gasteiger partial charge in [-0.3, -0.25) is 9.80 Å². The van der Waals surface area contributed by atoms with E-state index in [4.69, 9.17) is 5.73 Å². The lowest BCUT2D eigenvalue weighted by atomic mass is 9.73. The molecule has 0 amide bonds. The Balaban J connectivity index is 2.01. The Morgan fingerprint density at radius 2 is 1.65 bits per heavy atom. The van der Waals surface area contributed by atoms with Gasteiger partial charge in [0.2, 0.25) is 0 Å². The van der Waals surface area contributed by atoms with Gasteiger partial charge in [0.1, 0.15) is 0 Å². The van der Waals surface area contributed by atoms with E-state index in [0.717, 1.165) is 12.5 Å². The summed E-state index contributed by atoms with van der Waals surface area (Å²) in [5.74, 6) is 0.960. The molecule has 1 aliphatic carbocycles. The van der Waals surface area contributed by atoms with Gasteiger partial charge in [0.15, 0.2) is 0 Å². The topological polar surface area (TPSA) is 32.5 Å². The SMILES string of the molecule is CCCC1CCC(CN)(N2CC(C)N(C)C(C)C2)CC1. The van der Waals surface area contributed by atoms with Crippen molar-refractivity contribution in [3.63, 3.8) is 0 Å². The minimum absolute atomic E-state index is 0.300. The molecule has 2 aliphatic rings. The Morgan fingerprint density at radius 1 is 1.10 bits per heavy atom. The van der Waals surface area contributed by atoms with Crippen LogP contribution in [0.5, 0.6) is 0 Å². The van der Waals surface area contributed by atoms with Gasteiger partial charge < -0.3 is 5.73 Å². The first-order valence-electron chi connectivity index (χ1n) is 8.69. The van der Waals surface area contributed by atoms with Crippen molar-refractivity contribution in [3.05, 3.63) is 0 Å². The fraction of sp³-hybridized carbons (Fsp3) is 1.00. The van der Waals surface area contributed by atoms with Gasteiger partial charge in [-0.1, -0.05) is 19.8 Å². The molecule has 0 aromatic rings. The van der Waals surface area contributed by atoms with Crippen molar-refractivity contribution < 1.29 is 0 Å². The smallest absolute Gasteiger partial charge is 0.0333 e. The van der Waals surface area contributed by atoms with Crippen molar-refractivity contribution in [3.8, 4) is 0 Å². The van der Waals surface area contributed by atoms with E-state index in [1.807, 2.05) is 0 Å². The Kier molecular flexibility index (Phi) is 5.49. The maximum atomic E-state index is 6.26. The van der Waals surface area contributed by atoms with Crippen molar-refractivity contribution in [2.45, 2.75) is 76.9 Å². The van der Waals surface area contributed by atoms with Gasteiger partial charge in [-0.15, -0.1) is 0 Å². The molecule has 1 saturated heterocycles. The zero-order valence-corrected chi connectivity index (χ0v) is 14.1. The molecule has 0 spiro atoms. The van der Waals surface area contributed by atoms with Crippen molar-refractivity contribution >= 4 is 0 Å². The summed E-state index contributed by atoms with van der Waals surface area (Å²) in [7, 11) is 2.26. The van der Waals surface area contributed by atoms with Crippen LogP contribution >= 0.6 is 0 Å². The predicted octanol–water partition coefficient (Wildman–Crippen LogP) is 2.70. The summed E-state index contributed by atoms with van der Waals surface area (Å²) in [5, 5.41) is 0. The maximum Gasteiger partial charge on any atom is 0.0333 e. The van der Waals surface area contributed by atoms with Crippen LogP contribution in [0.3, 0.4) is 0 Å².